The van der Waals surface area contributed by atoms with Crippen molar-refractivity contribution in [3.8, 4) is 11.1 Å². The third kappa shape index (κ3) is 5.65. The van der Waals surface area contributed by atoms with Crippen LogP contribution in [0.2, 0.25) is 10.0 Å². The number of nitrogens with zero attached hydrogens (tertiary/aromatic N) is 2. The van der Waals surface area contributed by atoms with Gasteiger partial charge in [-0.05, 0) is 73.6 Å². The Kier molecular flexibility index (Phi) is 7.96. The predicted molar refractivity (Wildman–Crippen MR) is 130 cm³/mol. The Hall–Kier alpha value is -2.35. The summed E-state index contributed by atoms with van der Waals surface area (Å²) in [6.07, 6.45) is 2.30. The summed E-state index contributed by atoms with van der Waals surface area (Å²) in [6, 6.07) is 9.93. The van der Waals surface area contributed by atoms with Crippen LogP contribution < -0.4 is 5.32 Å². The highest BCUT2D eigenvalue weighted by Crippen LogP contribution is 2.36. The molecule has 0 bridgehead atoms. The maximum atomic E-state index is 13.2. The summed E-state index contributed by atoms with van der Waals surface area (Å²) in [5.41, 5.74) is 2.39. The van der Waals surface area contributed by atoms with Gasteiger partial charge in [-0.25, -0.2) is 9.18 Å². The largest absolute Gasteiger partial charge is 0.426 e. The lowest BCUT2D eigenvalue weighted by Crippen LogP contribution is -2.47. The van der Waals surface area contributed by atoms with E-state index in [0.29, 0.717) is 42.6 Å². The van der Waals surface area contributed by atoms with Crippen molar-refractivity contribution < 1.29 is 18.8 Å². The molecular weight excluding hydrogens is 480 g/mol. The molecule has 0 aliphatic carbocycles. The Morgan fingerprint density at radius 3 is 2.32 bits per heavy atom. The van der Waals surface area contributed by atoms with E-state index in [1.165, 1.54) is 12.1 Å². The van der Waals surface area contributed by atoms with E-state index in [1.807, 2.05) is 24.0 Å². The third-order valence-electron chi connectivity index (χ3n) is 6.52. The van der Waals surface area contributed by atoms with Crippen LogP contribution in [0.1, 0.15) is 31.7 Å². The van der Waals surface area contributed by atoms with Crippen LogP contribution in [0.4, 0.5) is 9.18 Å². The molecule has 0 saturated carbocycles. The van der Waals surface area contributed by atoms with Crippen LogP contribution in [0.25, 0.3) is 11.1 Å². The number of rotatable bonds is 6. The number of benzene rings is 2. The number of carbonyl (C=O) groups excluding carboxylic acids is 2. The van der Waals surface area contributed by atoms with Crippen LogP contribution in [0, 0.1) is 11.7 Å². The molecule has 1 atom stereocenters. The molecule has 0 spiro atoms. The van der Waals surface area contributed by atoms with Gasteiger partial charge in [0, 0.05) is 48.2 Å². The number of amides is 2. The summed E-state index contributed by atoms with van der Waals surface area (Å²) in [6.45, 7) is 4.25. The zero-order valence-corrected chi connectivity index (χ0v) is 20.5. The van der Waals surface area contributed by atoms with Crippen LogP contribution in [0.5, 0.6) is 0 Å². The van der Waals surface area contributed by atoms with Gasteiger partial charge in [0.25, 0.3) is 0 Å². The second-order valence-corrected chi connectivity index (χ2v) is 9.53. The van der Waals surface area contributed by atoms with E-state index >= 15 is 0 Å². The third-order valence-corrected chi connectivity index (χ3v) is 7.19. The van der Waals surface area contributed by atoms with E-state index in [-0.39, 0.29) is 23.7 Å². The number of nitrogens with one attached hydrogen (secondary N) is 1. The first-order valence-electron chi connectivity index (χ1n) is 11.6. The fourth-order valence-corrected chi connectivity index (χ4v) is 5.35. The molecule has 2 aliphatic heterocycles. The topological polar surface area (TPSA) is 61.9 Å². The number of halogens is 3. The minimum Gasteiger partial charge on any atom is -0.351 e. The lowest BCUT2D eigenvalue weighted by molar-refractivity contribution is -0.141. The molecular formula is C25H28Cl2FN3O3. The summed E-state index contributed by atoms with van der Waals surface area (Å²) >= 11 is 13.1. The molecule has 4 rings (SSSR count). The highest BCUT2D eigenvalue weighted by molar-refractivity contribution is 6.36. The smallest absolute Gasteiger partial charge is 0.351 e. The Balaban J connectivity index is 1.36. The first-order chi connectivity index (χ1) is 16.4. The second-order valence-electron chi connectivity index (χ2n) is 8.72. The molecule has 1 unspecified atom stereocenters. The lowest BCUT2D eigenvalue weighted by atomic mass is 9.95. The highest BCUT2D eigenvalue weighted by atomic mass is 35.5. The Morgan fingerprint density at radius 2 is 1.71 bits per heavy atom. The van der Waals surface area contributed by atoms with E-state index in [2.05, 4.69) is 5.32 Å². The number of hydrogen-bond donors (Lipinski definition) is 1. The molecule has 0 radical (unpaired) electrons. The van der Waals surface area contributed by atoms with Gasteiger partial charge in [0.2, 0.25) is 5.91 Å². The average Bonchev–Trinajstić information content (AvgIpc) is 3.17. The molecule has 34 heavy (non-hydrogen) atoms. The first kappa shape index (κ1) is 24.8. The van der Waals surface area contributed by atoms with Crippen LogP contribution in [-0.2, 0) is 16.1 Å². The van der Waals surface area contributed by atoms with Crippen LogP contribution in [0.3, 0.4) is 0 Å². The minimum atomic E-state index is -0.447. The molecule has 1 N–H and O–H groups in total. The zero-order chi connectivity index (χ0) is 24.2. The molecule has 182 valence electrons. The zero-order valence-electron chi connectivity index (χ0n) is 19.0. The fourth-order valence-electron chi connectivity index (χ4n) is 4.71. The van der Waals surface area contributed by atoms with E-state index in [0.717, 1.165) is 36.0 Å². The quantitative estimate of drug-likeness (QED) is 0.574. The number of carbonyl (C=O) groups is 2. The molecule has 6 nitrogen and oxygen atoms in total. The van der Waals surface area contributed by atoms with E-state index in [9.17, 15) is 14.0 Å². The number of likely N-dealkylation sites (tertiary alicyclic amines) is 1. The number of piperidine rings is 1. The van der Waals surface area contributed by atoms with Crippen LogP contribution in [-0.4, -0.2) is 54.2 Å². The summed E-state index contributed by atoms with van der Waals surface area (Å²) in [5, 5.41) is 5.29. The number of hydroxylamine groups is 2. The maximum absolute atomic E-state index is 13.2. The van der Waals surface area contributed by atoms with Crippen molar-refractivity contribution in [1.29, 1.82) is 0 Å². The van der Waals surface area contributed by atoms with Gasteiger partial charge < -0.3 is 15.1 Å². The SMILES string of the molecule is CCNC(=O)ON1CCC(N2CCC(Cc3c(Cl)cc(-c4ccc(F)cc4)cc3Cl)C2=O)CC1. The Labute approximate surface area is 208 Å². The van der Waals surface area contributed by atoms with Gasteiger partial charge in [-0.15, -0.1) is 5.06 Å². The van der Waals surface area contributed by atoms with Gasteiger partial charge in [-0.3, -0.25) is 4.79 Å². The van der Waals surface area contributed by atoms with Crippen molar-refractivity contribution >= 4 is 35.2 Å². The monoisotopic (exact) mass is 507 g/mol. The van der Waals surface area contributed by atoms with Crippen LogP contribution in [0.15, 0.2) is 36.4 Å². The molecule has 2 saturated heterocycles. The van der Waals surface area contributed by atoms with Crippen molar-refractivity contribution in [3.63, 3.8) is 0 Å². The van der Waals surface area contributed by atoms with Crippen molar-refractivity contribution in [1.82, 2.24) is 15.3 Å². The summed E-state index contributed by atoms with van der Waals surface area (Å²) in [4.78, 5) is 32.0. The molecule has 2 fully saturated rings. The molecule has 2 aromatic carbocycles. The minimum absolute atomic E-state index is 0.123. The van der Waals surface area contributed by atoms with Gasteiger partial charge >= 0.3 is 6.09 Å². The normalized spacial score (nSPS) is 19.5. The Morgan fingerprint density at radius 1 is 1.06 bits per heavy atom. The summed E-state index contributed by atoms with van der Waals surface area (Å²) in [7, 11) is 0. The highest BCUT2D eigenvalue weighted by Gasteiger charge is 2.38. The molecule has 9 heteroatoms. The molecule has 2 amide bonds. The van der Waals surface area contributed by atoms with Gasteiger partial charge in [-0.1, -0.05) is 35.3 Å². The van der Waals surface area contributed by atoms with Gasteiger partial charge in [0.1, 0.15) is 5.82 Å². The summed E-state index contributed by atoms with van der Waals surface area (Å²) in [5.74, 6) is -0.351. The molecule has 0 aromatic heterocycles. The van der Waals surface area contributed by atoms with E-state index in [4.69, 9.17) is 28.0 Å². The number of hydrogen-bond acceptors (Lipinski definition) is 4. The Bertz CT molecular complexity index is 1020. The van der Waals surface area contributed by atoms with Crippen molar-refractivity contribution in [2.24, 2.45) is 5.92 Å². The van der Waals surface area contributed by atoms with Gasteiger partial charge in [0.15, 0.2) is 0 Å². The molecule has 2 aromatic rings. The van der Waals surface area contributed by atoms with E-state index in [1.54, 1.807) is 17.2 Å². The average molecular weight is 508 g/mol. The standard InChI is InChI=1S/C25H28Cl2FN3O3/c1-2-29-25(33)34-30-10-8-20(9-11-30)31-12-7-17(24(31)32)13-21-22(26)14-18(15-23(21)27)16-3-5-19(28)6-4-16/h3-6,14-15,17,20H,2,7-13H2,1H3,(H,29,33). The van der Waals surface area contributed by atoms with Crippen LogP contribution >= 0.6 is 23.2 Å². The van der Waals surface area contributed by atoms with Crippen molar-refractivity contribution in [2.45, 2.75) is 38.6 Å². The van der Waals surface area contributed by atoms with Gasteiger partial charge in [0.05, 0.1) is 0 Å². The fraction of sp³-hybridized carbons (Fsp3) is 0.440. The predicted octanol–water partition coefficient (Wildman–Crippen LogP) is 5.32. The van der Waals surface area contributed by atoms with Crippen molar-refractivity contribution in [2.75, 3.05) is 26.2 Å². The summed E-state index contributed by atoms with van der Waals surface area (Å²) < 4.78 is 13.2. The molecule has 2 heterocycles. The maximum Gasteiger partial charge on any atom is 0.426 e. The second kappa shape index (κ2) is 10.9. The lowest BCUT2D eigenvalue weighted by Gasteiger charge is -2.35. The van der Waals surface area contributed by atoms with E-state index < -0.39 is 6.09 Å². The van der Waals surface area contributed by atoms with Crippen molar-refractivity contribution in [3.05, 3.63) is 57.8 Å². The van der Waals surface area contributed by atoms with Gasteiger partial charge in [-0.2, -0.15) is 0 Å². The first-order valence-corrected chi connectivity index (χ1v) is 12.4. The molecule has 2 aliphatic rings.